The summed E-state index contributed by atoms with van der Waals surface area (Å²) in [5.41, 5.74) is 2.71. The van der Waals surface area contributed by atoms with Crippen LogP contribution in [0.1, 0.15) is 44.0 Å². The number of nitrogens with zero attached hydrogens (tertiary/aromatic N) is 2. The van der Waals surface area contributed by atoms with Crippen LogP contribution in [-0.2, 0) is 13.1 Å². The highest BCUT2D eigenvalue weighted by Gasteiger charge is 2.36. The maximum Gasteiger partial charge on any atom is 0.229 e. The second kappa shape index (κ2) is 6.92. The van der Waals surface area contributed by atoms with E-state index in [0.29, 0.717) is 34.4 Å². The Morgan fingerprint density at radius 1 is 1.06 bits per heavy atom. The van der Waals surface area contributed by atoms with Gasteiger partial charge in [0.15, 0.2) is 11.5 Å². The third kappa shape index (κ3) is 2.81. The Morgan fingerprint density at radius 3 is 2.71 bits per heavy atom. The van der Waals surface area contributed by atoms with Crippen LogP contribution in [0.3, 0.4) is 0 Å². The molecule has 31 heavy (non-hydrogen) atoms. The molecule has 0 saturated carbocycles. The van der Waals surface area contributed by atoms with Gasteiger partial charge < -0.3 is 13.7 Å². The van der Waals surface area contributed by atoms with Gasteiger partial charge in [-0.05, 0) is 12.1 Å². The van der Waals surface area contributed by atoms with Crippen molar-refractivity contribution >= 4 is 22.5 Å². The van der Waals surface area contributed by atoms with E-state index in [9.17, 15) is 9.59 Å². The zero-order chi connectivity index (χ0) is 20.9. The monoisotopic (exact) mass is 414 g/mol. The van der Waals surface area contributed by atoms with Gasteiger partial charge in [-0.3, -0.25) is 14.5 Å². The van der Waals surface area contributed by atoms with E-state index in [-0.39, 0.29) is 17.3 Å². The first-order valence-electron chi connectivity index (χ1n) is 10.4. The van der Waals surface area contributed by atoms with Crippen LogP contribution in [0.2, 0.25) is 0 Å². The zero-order valence-corrected chi connectivity index (χ0v) is 16.8. The lowest BCUT2D eigenvalue weighted by molar-refractivity contribution is -0.932. The second-order valence-corrected chi connectivity index (χ2v) is 8.05. The van der Waals surface area contributed by atoms with Gasteiger partial charge in [0.1, 0.15) is 17.9 Å². The third-order valence-electron chi connectivity index (χ3n) is 6.13. The van der Waals surface area contributed by atoms with E-state index in [0.717, 1.165) is 37.4 Å². The third-order valence-corrected chi connectivity index (χ3v) is 6.13. The van der Waals surface area contributed by atoms with Crippen molar-refractivity contribution in [2.45, 2.75) is 19.5 Å². The number of ether oxygens (including phenoxy) is 1. The van der Waals surface area contributed by atoms with Crippen LogP contribution in [0.5, 0.6) is 5.75 Å². The lowest BCUT2D eigenvalue weighted by Crippen LogP contribution is -3.12. The van der Waals surface area contributed by atoms with Gasteiger partial charge in [-0.25, -0.2) is 4.98 Å². The van der Waals surface area contributed by atoms with Gasteiger partial charge in [0.2, 0.25) is 12.5 Å². The minimum Gasteiger partial charge on any atom is -0.451 e. The number of hydrogen-bond donors (Lipinski definition) is 1. The molecule has 0 bridgehead atoms. The number of aryl methyl sites for hydroxylation is 1. The zero-order valence-electron chi connectivity index (χ0n) is 16.8. The number of fused-ring (bicyclic) bond motifs is 6. The van der Waals surface area contributed by atoms with Crippen LogP contribution in [0.25, 0.3) is 11.0 Å². The van der Waals surface area contributed by atoms with Crippen LogP contribution in [0, 0.1) is 0 Å². The predicted molar refractivity (Wildman–Crippen MR) is 111 cm³/mol. The lowest BCUT2D eigenvalue weighted by atomic mass is 9.87. The molecule has 4 aromatic rings. The molecule has 154 valence electrons. The fourth-order valence-corrected chi connectivity index (χ4v) is 4.59. The van der Waals surface area contributed by atoms with Crippen LogP contribution in [0.4, 0.5) is 0 Å². The number of hydrogen-bond acceptors (Lipinski definition) is 5. The van der Waals surface area contributed by atoms with Crippen LogP contribution >= 0.6 is 0 Å². The Morgan fingerprint density at radius 2 is 1.90 bits per heavy atom. The number of furan rings is 1. The molecule has 6 rings (SSSR count). The standard InChI is InChI=1S/C24H19N3O4/c28-21-15-4-1-2-5-16(15)22(29)24-20(21)17-6-7-19-18(23(17)31-24)12-27(14-30-19)10-3-9-26-11-8-25-13-26/h1-2,4-8,11,13H,3,9-10,12,14H2/p+1. The number of nitrogens with one attached hydrogen (secondary N) is 1. The molecule has 0 spiro atoms. The second-order valence-electron chi connectivity index (χ2n) is 8.05. The average molecular weight is 414 g/mol. The summed E-state index contributed by atoms with van der Waals surface area (Å²) in [7, 11) is 0. The Bertz CT molecular complexity index is 1340. The first-order valence-corrected chi connectivity index (χ1v) is 10.4. The molecule has 0 radical (unpaired) electrons. The van der Waals surface area contributed by atoms with E-state index in [1.54, 1.807) is 30.5 Å². The van der Waals surface area contributed by atoms with Crippen molar-refractivity contribution in [3.8, 4) is 5.75 Å². The largest absolute Gasteiger partial charge is 0.451 e. The van der Waals surface area contributed by atoms with Crippen LogP contribution in [0.15, 0.2) is 59.5 Å². The smallest absolute Gasteiger partial charge is 0.229 e. The molecule has 1 aliphatic heterocycles. The van der Waals surface area contributed by atoms with Gasteiger partial charge in [0.25, 0.3) is 0 Å². The van der Waals surface area contributed by atoms with Gasteiger partial charge in [0, 0.05) is 41.9 Å². The van der Waals surface area contributed by atoms with Gasteiger partial charge in [-0.1, -0.05) is 24.3 Å². The Kier molecular flexibility index (Phi) is 4.04. The highest BCUT2D eigenvalue weighted by molar-refractivity contribution is 6.31. The maximum atomic E-state index is 13.2. The first-order chi connectivity index (χ1) is 15.2. The molecule has 7 heteroatoms. The van der Waals surface area contributed by atoms with Crippen molar-refractivity contribution < 1.29 is 23.6 Å². The predicted octanol–water partition coefficient (Wildman–Crippen LogP) is 2.23. The molecule has 1 aliphatic carbocycles. The molecule has 2 aromatic carbocycles. The summed E-state index contributed by atoms with van der Waals surface area (Å²) < 4.78 is 14.1. The number of ketones is 2. The van der Waals surface area contributed by atoms with Gasteiger partial charge >= 0.3 is 0 Å². The van der Waals surface area contributed by atoms with E-state index < -0.39 is 0 Å². The van der Waals surface area contributed by atoms with Gasteiger partial charge in [-0.15, -0.1) is 0 Å². The quantitative estimate of drug-likeness (QED) is 0.488. The summed E-state index contributed by atoms with van der Waals surface area (Å²) in [6.45, 7) is 3.12. The first kappa shape index (κ1) is 18.1. The number of carbonyl (C=O) groups excluding carboxylic acids is 2. The lowest BCUT2D eigenvalue weighted by Gasteiger charge is -2.26. The van der Waals surface area contributed by atoms with Crippen molar-refractivity contribution in [2.75, 3.05) is 13.3 Å². The van der Waals surface area contributed by atoms with E-state index in [1.165, 1.54) is 4.90 Å². The normalized spacial score (nSPS) is 17.2. The summed E-state index contributed by atoms with van der Waals surface area (Å²) in [5.74, 6) is 0.496. The van der Waals surface area contributed by atoms with Crippen LogP contribution in [-0.4, -0.2) is 34.4 Å². The summed E-state index contributed by atoms with van der Waals surface area (Å²) in [6, 6.07) is 10.6. The molecule has 7 nitrogen and oxygen atoms in total. The van der Waals surface area contributed by atoms with Gasteiger partial charge in [-0.2, -0.15) is 0 Å². The number of carbonyl (C=O) groups is 2. The SMILES string of the molecule is O=C1c2ccccc2C(=O)c2c1oc1c3c(ccc21)OC[NH+](CCCn1ccnc1)C3. The summed E-state index contributed by atoms with van der Waals surface area (Å²) in [4.78, 5) is 31.5. The molecular weight excluding hydrogens is 394 g/mol. The number of quaternary nitrogens is 1. The molecule has 0 saturated heterocycles. The minimum atomic E-state index is -0.239. The molecule has 3 heterocycles. The average Bonchev–Trinajstić information content (AvgIpc) is 3.45. The van der Waals surface area contributed by atoms with E-state index in [2.05, 4.69) is 9.55 Å². The van der Waals surface area contributed by atoms with Crippen LogP contribution < -0.4 is 9.64 Å². The number of rotatable bonds is 4. The molecule has 0 amide bonds. The van der Waals surface area contributed by atoms with Crippen molar-refractivity contribution in [3.63, 3.8) is 0 Å². The Hall–Kier alpha value is -3.71. The van der Waals surface area contributed by atoms with E-state index in [1.807, 2.05) is 24.7 Å². The molecule has 2 aliphatic rings. The molecule has 1 unspecified atom stereocenters. The van der Waals surface area contributed by atoms with Crippen molar-refractivity contribution in [1.82, 2.24) is 9.55 Å². The molecule has 0 fully saturated rings. The summed E-state index contributed by atoms with van der Waals surface area (Å²) >= 11 is 0. The molecule has 1 N–H and O–H groups in total. The summed E-state index contributed by atoms with van der Waals surface area (Å²) in [6.07, 6.45) is 6.55. The fourth-order valence-electron chi connectivity index (χ4n) is 4.59. The maximum absolute atomic E-state index is 13.2. The highest BCUT2D eigenvalue weighted by Crippen LogP contribution is 2.39. The minimum absolute atomic E-state index is 0.138. The summed E-state index contributed by atoms with van der Waals surface area (Å²) in [5, 5.41) is 0.685. The highest BCUT2D eigenvalue weighted by atomic mass is 16.5. The molecular formula is C24H20N3O4+. The van der Waals surface area contributed by atoms with E-state index in [4.69, 9.17) is 9.15 Å². The van der Waals surface area contributed by atoms with Crippen molar-refractivity contribution in [2.24, 2.45) is 0 Å². The molecule has 1 atom stereocenters. The Labute approximate surface area is 177 Å². The Balaban J connectivity index is 1.34. The fraction of sp³-hybridized carbons (Fsp3) is 0.208. The number of imidazole rings is 1. The van der Waals surface area contributed by atoms with Crippen molar-refractivity contribution in [3.05, 3.63) is 83.1 Å². The topological polar surface area (TPSA) is 78.8 Å². The van der Waals surface area contributed by atoms with Crippen molar-refractivity contribution in [1.29, 1.82) is 0 Å². The van der Waals surface area contributed by atoms with Gasteiger partial charge in [0.05, 0.1) is 24.0 Å². The number of aromatic nitrogens is 2. The van der Waals surface area contributed by atoms with E-state index >= 15 is 0 Å². The molecule has 2 aromatic heterocycles. The number of benzene rings is 2.